The Hall–Kier alpha value is -2.90. The van der Waals surface area contributed by atoms with Crippen LogP contribution in [0.15, 0.2) is 97.1 Å². The van der Waals surface area contributed by atoms with Gasteiger partial charge >= 0.3 is 282 Å². The molecule has 2 aliphatic carbocycles. The van der Waals surface area contributed by atoms with E-state index < -0.39 is 18.0 Å². The van der Waals surface area contributed by atoms with Crippen molar-refractivity contribution in [2.75, 3.05) is 0 Å². The van der Waals surface area contributed by atoms with Gasteiger partial charge in [-0.25, -0.2) is 0 Å². The molecule has 2 aliphatic rings. The first kappa shape index (κ1) is 33.0. The van der Waals surface area contributed by atoms with E-state index in [0.29, 0.717) is 19.2 Å². The predicted octanol–water partition coefficient (Wildman–Crippen LogP) is 13.7. The van der Waals surface area contributed by atoms with Crippen LogP contribution in [0.5, 0.6) is 0 Å². The van der Waals surface area contributed by atoms with Crippen LogP contribution in [0.1, 0.15) is 120 Å². The van der Waals surface area contributed by atoms with E-state index in [9.17, 15) is 0 Å². The molecule has 6 rings (SSSR count). The summed E-state index contributed by atoms with van der Waals surface area (Å²) in [4.78, 5) is 0. The molecule has 0 radical (unpaired) electrons. The summed E-state index contributed by atoms with van der Waals surface area (Å²) >= 11 is -4.07. The number of fused-ring (bicyclic) bond motifs is 2. The minimum absolute atomic E-state index is 0.488. The summed E-state index contributed by atoms with van der Waals surface area (Å²) < 4.78 is 8.57. The van der Waals surface area contributed by atoms with Crippen LogP contribution in [0.25, 0.3) is 34.4 Å². The molecule has 0 saturated heterocycles. The van der Waals surface area contributed by atoms with Crippen molar-refractivity contribution in [3.8, 4) is 22.3 Å². The summed E-state index contributed by atoms with van der Waals surface area (Å²) in [6, 6.07) is 32.8. The number of hydrogen-bond donors (Lipinski definition) is 0. The van der Waals surface area contributed by atoms with Crippen molar-refractivity contribution in [1.29, 1.82) is 0 Å². The van der Waals surface area contributed by atoms with Crippen LogP contribution in [-0.4, -0.2) is 3.26 Å². The normalized spacial score (nSPS) is 17.2. The fraction of sp³-hybridized carbons (Fsp3) is 0.356. The quantitative estimate of drug-likeness (QED) is 0.141. The monoisotopic (exact) mass is 774 g/mol. The van der Waals surface area contributed by atoms with Crippen molar-refractivity contribution in [2.24, 2.45) is 0 Å². The zero-order chi connectivity index (χ0) is 32.7. The molecule has 4 aromatic rings. The molecule has 1 heteroatoms. The number of hydrogen-bond acceptors (Lipinski definition) is 0. The molecular weight excluding hydrogens is 719 g/mol. The average molecular weight is 773 g/mol. The third-order valence-electron chi connectivity index (χ3n) is 11.7. The van der Waals surface area contributed by atoms with Crippen molar-refractivity contribution in [2.45, 2.75) is 95.8 Å². The SMILES string of the molecule is CCC[C](CCC)=[Hf]([CH3])([CH3])([CH]1C=Cc2c(-c3cccc(C(C)C)c3)cccc21)[CH]1C=Cc2c(-c3cccc(C(C)C)c3)cccc21. The average Bonchev–Trinajstić information content (AvgIpc) is 3.71. The van der Waals surface area contributed by atoms with Crippen molar-refractivity contribution < 1.29 is 18.0 Å². The maximum absolute atomic E-state index is 4.07. The van der Waals surface area contributed by atoms with Gasteiger partial charge in [-0.15, -0.1) is 0 Å². The van der Waals surface area contributed by atoms with Gasteiger partial charge in [0.05, 0.1) is 0 Å². The number of allylic oxidation sites excluding steroid dienone is 2. The molecular formula is C45H54Hf. The van der Waals surface area contributed by atoms with Crippen LogP contribution in [0.4, 0.5) is 0 Å². The Kier molecular flexibility index (Phi) is 9.30. The second-order valence-electron chi connectivity index (χ2n) is 15.6. The van der Waals surface area contributed by atoms with E-state index in [2.05, 4.69) is 160 Å². The van der Waals surface area contributed by atoms with Gasteiger partial charge in [-0.3, -0.25) is 0 Å². The van der Waals surface area contributed by atoms with Crippen LogP contribution in [0.2, 0.25) is 9.36 Å². The van der Waals surface area contributed by atoms with Crippen LogP contribution < -0.4 is 0 Å². The van der Waals surface area contributed by atoms with Gasteiger partial charge in [-0.1, -0.05) is 0 Å². The molecule has 0 N–H and O–H groups in total. The van der Waals surface area contributed by atoms with Gasteiger partial charge in [0.25, 0.3) is 0 Å². The van der Waals surface area contributed by atoms with Gasteiger partial charge in [0.1, 0.15) is 0 Å². The molecule has 0 fully saturated rings. The van der Waals surface area contributed by atoms with Crippen molar-refractivity contribution in [1.82, 2.24) is 0 Å². The Balaban J connectivity index is 1.55. The summed E-state index contributed by atoms with van der Waals surface area (Å²) in [6.07, 6.45) is 15.3. The number of benzene rings is 4. The fourth-order valence-corrected chi connectivity index (χ4v) is 34.7. The first-order valence-corrected chi connectivity index (χ1v) is 31.1. The first-order valence-electron chi connectivity index (χ1n) is 18.0. The molecule has 46 heavy (non-hydrogen) atoms. The summed E-state index contributed by atoms with van der Waals surface area (Å²) in [5.74, 6) is 1.04. The van der Waals surface area contributed by atoms with E-state index in [0.717, 1.165) is 0 Å². The van der Waals surface area contributed by atoms with Crippen molar-refractivity contribution >= 4 is 15.4 Å². The van der Waals surface area contributed by atoms with Crippen LogP contribution in [0.3, 0.4) is 0 Å². The minimum atomic E-state index is -4.07. The van der Waals surface area contributed by atoms with Crippen molar-refractivity contribution in [3.63, 3.8) is 0 Å². The molecule has 0 spiro atoms. The Morgan fingerprint density at radius 3 is 1.39 bits per heavy atom. The van der Waals surface area contributed by atoms with Gasteiger partial charge in [-0.05, 0) is 0 Å². The van der Waals surface area contributed by atoms with E-state index in [4.69, 9.17) is 0 Å². The Bertz CT molecular complexity index is 1760. The molecule has 238 valence electrons. The topological polar surface area (TPSA) is 0 Å². The molecule has 0 bridgehead atoms. The molecule has 0 amide bonds. The first-order chi connectivity index (χ1) is 22.1. The van der Waals surface area contributed by atoms with Crippen LogP contribution >= 0.6 is 0 Å². The van der Waals surface area contributed by atoms with Gasteiger partial charge in [0.2, 0.25) is 0 Å². The van der Waals surface area contributed by atoms with Gasteiger partial charge in [-0.2, -0.15) is 0 Å². The molecule has 0 aromatic heterocycles. The predicted molar refractivity (Wildman–Crippen MR) is 202 cm³/mol. The molecule has 0 heterocycles. The molecule has 0 aliphatic heterocycles. The summed E-state index contributed by atoms with van der Waals surface area (Å²) in [5, 5.41) is 0. The van der Waals surface area contributed by atoms with E-state index in [1.165, 1.54) is 70.2 Å². The summed E-state index contributed by atoms with van der Waals surface area (Å²) in [7, 11) is 0. The Morgan fingerprint density at radius 1 is 0.587 bits per heavy atom. The molecule has 2 atom stereocenters. The molecule has 0 nitrogen and oxygen atoms in total. The zero-order valence-corrected chi connectivity index (χ0v) is 33.1. The van der Waals surface area contributed by atoms with E-state index in [1.807, 2.05) is 3.26 Å². The fourth-order valence-electron chi connectivity index (χ4n) is 9.01. The second kappa shape index (κ2) is 13.0. The third kappa shape index (κ3) is 5.55. The Labute approximate surface area is 280 Å². The van der Waals surface area contributed by atoms with Gasteiger partial charge in [0, 0.05) is 0 Å². The standard InChI is InChI=1S/2C18H17.C7H14.2CH3.Hf/c2*1-13(2)15-8-3-9-16(12-15)18-11-5-7-14-6-4-10-17(14)18;1-3-5-7-6-4-2;;;/h2*3-13H,1-2H3;3-6H2,1-2H3;2*1H3;. The van der Waals surface area contributed by atoms with E-state index in [-0.39, 0.29) is 0 Å². The molecule has 4 aromatic carbocycles. The molecule has 2 unspecified atom stereocenters. The maximum atomic E-state index is 2.84. The Morgan fingerprint density at radius 2 is 1.00 bits per heavy atom. The van der Waals surface area contributed by atoms with E-state index >= 15 is 0 Å². The summed E-state index contributed by atoms with van der Waals surface area (Å²) in [5.41, 5.74) is 14.3. The van der Waals surface area contributed by atoms with E-state index in [1.54, 1.807) is 11.1 Å². The van der Waals surface area contributed by atoms with Gasteiger partial charge in [0.15, 0.2) is 0 Å². The summed E-state index contributed by atoms with van der Waals surface area (Å²) in [6.45, 7) is 14.0. The third-order valence-corrected chi connectivity index (χ3v) is 38.9. The van der Waals surface area contributed by atoms with Crippen LogP contribution in [0, 0.1) is 0 Å². The van der Waals surface area contributed by atoms with Crippen LogP contribution in [-0.2, 0) is 18.0 Å². The van der Waals surface area contributed by atoms with Gasteiger partial charge < -0.3 is 0 Å². The second-order valence-corrected chi connectivity index (χ2v) is 41.3. The zero-order valence-electron chi connectivity index (χ0n) is 29.5. The van der Waals surface area contributed by atoms with Crippen molar-refractivity contribution in [3.05, 3.63) is 130 Å². The number of rotatable bonds is 10. The molecule has 0 saturated carbocycles.